The maximum atomic E-state index is 5.37. The van der Waals surface area contributed by atoms with Crippen molar-refractivity contribution in [3.05, 3.63) is 0 Å². The van der Waals surface area contributed by atoms with Crippen molar-refractivity contribution in [3.63, 3.8) is 0 Å². The fraction of sp³-hybridized carbons (Fsp3) is 1.00. The summed E-state index contributed by atoms with van der Waals surface area (Å²) < 4.78 is 10.6. The van der Waals surface area contributed by atoms with Gasteiger partial charge in [-0.2, -0.15) is 0 Å². The van der Waals surface area contributed by atoms with E-state index in [2.05, 4.69) is 0 Å². The minimum Gasteiger partial charge on any atom is -0.379 e. The quantitative estimate of drug-likeness (QED) is 0.481. The van der Waals surface area contributed by atoms with E-state index in [9.17, 15) is 0 Å². The van der Waals surface area contributed by atoms with Crippen LogP contribution in [0.2, 0.25) is 0 Å². The summed E-state index contributed by atoms with van der Waals surface area (Å²) in [4.78, 5) is 0. The number of rotatable bonds is 11. The van der Waals surface area contributed by atoms with Gasteiger partial charge in [0.05, 0.1) is 13.2 Å². The molecule has 0 aliphatic carbocycles. The van der Waals surface area contributed by atoms with Gasteiger partial charge >= 0.3 is 0 Å². The highest BCUT2D eigenvalue weighted by Crippen LogP contribution is 1.93. The molecule has 0 amide bonds. The van der Waals surface area contributed by atoms with Gasteiger partial charge in [-0.3, -0.25) is 0 Å². The minimum atomic E-state index is 0.677. The molecule has 0 aromatic heterocycles. The second-order valence-electron chi connectivity index (χ2n) is 3.22. The van der Waals surface area contributed by atoms with Gasteiger partial charge in [-0.25, -0.2) is 0 Å². The van der Waals surface area contributed by atoms with Gasteiger partial charge in [0.15, 0.2) is 0 Å². The summed E-state index contributed by atoms with van der Waals surface area (Å²) in [5.41, 5.74) is 10.7. The van der Waals surface area contributed by atoms with E-state index in [0.29, 0.717) is 19.8 Å². The Morgan fingerprint density at radius 2 is 1.14 bits per heavy atom. The molecule has 4 heteroatoms. The molecular weight excluding hydrogens is 180 g/mol. The van der Waals surface area contributed by atoms with Crippen molar-refractivity contribution >= 4 is 0 Å². The van der Waals surface area contributed by atoms with Crippen LogP contribution in [0.25, 0.3) is 0 Å². The first-order chi connectivity index (χ1) is 6.91. The fourth-order valence-electron chi connectivity index (χ4n) is 1.03. The molecule has 0 bridgehead atoms. The lowest BCUT2D eigenvalue weighted by Crippen LogP contribution is -2.09. The summed E-state index contributed by atoms with van der Waals surface area (Å²) in [6.45, 7) is 4.40. The van der Waals surface area contributed by atoms with Crippen molar-refractivity contribution in [1.82, 2.24) is 0 Å². The van der Waals surface area contributed by atoms with Crippen LogP contribution in [-0.2, 0) is 9.47 Å². The van der Waals surface area contributed by atoms with Crippen LogP contribution in [0.15, 0.2) is 0 Å². The first kappa shape index (κ1) is 13.8. The number of nitrogens with two attached hydrogens (primary N) is 2. The van der Waals surface area contributed by atoms with Crippen molar-refractivity contribution in [3.8, 4) is 0 Å². The molecule has 0 aliphatic heterocycles. The third-order valence-electron chi connectivity index (χ3n) is 1.86. The Labute approximate surface area is 86.9 Å². The Hall–Kier alpha value is -0.160. The lowest BCUT2D eigenvalue weighted by Gasteiger charge is -2.04. The minimum absolute atomic E-state index is 0.677. The van der Waals surface area contributed by atoms with Gasteiger partial charge in [-0.05, 0) is 38.8 Å². The molecular formula is C10H24N2O2. The summed E-state index contributed by atoms with van der Waals surface area (Å²) in [5, 5.41) is 0. The van der Waals surface area contributed by atoms with E-state index < -0.39 is 0 Å². The molecule has 0 atom stereocenters. The Kier molecular flexibility index (Phi) is 12.7. The summed E-state index contributed by atoms with van der Waals surface area (Å²) in [6.07, 6.45) is 4.28. The molecule has 4 nitrogen and oxygen atoms in total. The largest absolute Gasteiger partial charge is 0.379 e. The van der Waals surface area contributed by atoms with Crippen LogP contribution in [0.5, 0.6) is 0 Å². The van der Waals surface area contributed by atoms with Gasteiger partial charge in [0, 0.05) is 13.2 Å². The van der Waals surface area contributed by atoms with Crippen LogP contribution in [0.1, 0.15) is 25.7 Å². The molecule has 0 rings (SSSR count). The Morgan fingerprint density at radius 3 is 1.71 bits per heavy atom. The SMILES string of the molecule is NCCCCCOCCOCCCN. The van der Waals surface area contributed by atoms with E-state index in [1.165, 1.54) is 0 Å². The summed E-state index contributed by atoms with van der Waals surface area (Å²) >= 11 is 0. The molecule has 0 radical (unpaired) electrons. The van der Waals surface area contributed by atoms with Gasteiger partial charge in [-0.15, -0.1) is 0 Å². The number of unbranched alkanes of at least 4 members (excludes halogenated alkanes) is 2. The second-order valence-corrected chi connectivity index (χ2v) is 3.22. The van der Waals surface area contributed by atoms with Crippen LogP contribution >= 0.6 is 0 Å². The zero-order valence-corrected chi connectivity index (χ0v) is 9.04. The highest BCUT2D eigenvalue weighted by Gasteiger charge is 1.90. The smallest absolute Gasteiger partial charge is 0.0700 e. The zero-order valence-electron chi connectivity index (χ0n) is 9.04. The van der Waals surface area contributed by atoms with Crippen LogP contribution in [-0.4, -0.2) is 39.5 Å². The average Bonchev–Trinajstić information content (AvgIpc) is 2.21. The van der Waals surface area contributed by atoms with Crippen LogP contribution in [0.3, 0.4) is 0 Å². The topological polar surface area (TPSA) is 70.5 Å². The van der Waals surface area contributed by atoms with Crippen molar-refractivity contribution in [2.75, 3.05) is 39.5 Å². The van der Waals surface area contributed by atoms with Gasteiger partial charge in [0.1, 0.15) is 0 Å². The first-order valence-electron chi connectivity index (χ1n) is 5.47. The molecule has 86 valence electrons. The lowest BCUT2D eigenvalue weighted by molar-refractivity contribution is 0.0460. The van der Waals surface area contributed by atoms with E-state index in [0.717, 1.165) is 45.4 Å². The Morgan fingerprint density at radius 1 is 0.571 bits per heavy atom. The van der Waals surface area contributed by atoms with Gasteiger partial charge in [-0.1, -0.05) is 0 Å². The third kappa shape index (κ3) is 11.8. The van der Waals surface area contributed by atoms with Gasteiger partial charge < -0.3 is 20.9 Å². The molecule has 4 N–H and O–H groups in total. The zero-order chi connectivity index (χ0) is 10.5. The number of hydrogen-bond acceptors (Lipinski definition) is 4. The Bertz CT molecular complexity index is 90.1. The molecule has 0 heterocycles. The fourth-order valence-corrected chi connectivity index (χ4v) is 1.03. The molecule has 0 aromatic carbocycles. The Balaban J connectivity index is 2.78. The highest BCUT2D eigenvalue weighted by molar-refractivity contribution is 4.41. The van der Waals surface area contributed by atoms with Crippen LogP contribution in [0.4, 0.5) is 0 Å². The summed E-state index contributed by atoms with van der Waals surface area (Å²) in [5.74, 6) is 0. The van der Waals surface area contributed by atoms with Crippen molar-refractivity contribution in [1.29, 1.82) is 0 Å². The number of ether oxygens (including phenoxy) is 2. The van der Waals surface area contributed by atoms with E-state index in [1.54, 1.807) is 0 Å². The maximum Gasteiger partial charge on any atom is 0.0700 e. The standard InChI is InChI=1S/C10H24N2O2/c11-5-2-1-3-7-13-9-10-14-8-4-6-12/h1-12H2. The normalized spacial score (nSPS) is 10.7. The maximum absolute atomic E-state index is 5.37. The average molecular weight is 204 g/mol. The molecule has 0 fully saturated rings. The molecule has 0 spiro atoms. The molecule has 0 aliphatic rings. The van der Waals surface area contributed by atoms with Gasteiger partial charge in [0.2, 0.25) is 0 Å². The molecule has 14 heavy (non-hydrogen) atoms. The molecule has 0 saturated heterocycles. The van der Waals surface area contributed by atoms with Crippen molar-refractivity contribution in [2.45, 2.75) is 25.7 Å². The predicted molar refractivity (Wildman–Crippen MR) is 58.2 cm³/mol. The number of hydrogen-bond donors (Lipinski definition) is 2. The predicted octanol–water partition coefficient (Wildman–Crippen LogP) is 0.497. The van der Waals surface area contributed by atoms with Crippen molar-refractivity contribution in [2.24, 2.45) is 11.5 Å². The molecule has 0 aromatic rings. The van der Waals surface area contributed by atoms with E-state index >= 15 is 0 Å². The monoisotopic (exact) mass is 204 g/mol. The first-order valence-corrected chi connectivity index (χ1v) is 5.47. The van der Waals surface area contributed by atoms with Crippen LogP contribution in [0, 0.1) is 0 Å². The van der Waals surface area contributed by atoms with E-state index in [4.69, 9.17) is 20.9 Å². The van der Waals surface area contributed by atoms with Crippen LogP contribution < -0.4 is 11.5 Å². The lowest BCUT2D eigenvalue weighted by atomic mass is 10.2. The van der Waals surface area contributed by atoms with E-state index in [1.807, 2.05) is 0 Å². The summed E-state index contributed by atoms with van der Waals surface area (Å²) in [7, 11) is 0. The summed E-state index contributed by atoms with van der Waals surface area (Å²) in [6, 6.07) is 0. The molecule has 0 saturated carbocycles. The third-order valence-corrected chi connectivity index (χ3v) is 1.86. The highest BCUT2D eigenvalue weighted by atomic mass is 16.5. The van der Waals surface area contributed by atoms with E-state index in [-0.39, 0.29) is 0 Å². The molecule has 0 unspecified atom stereocenters. The van der Waals surface area contributed by atoms with Gasteiger partial charge in [0.25, 0.3) is 0 Å². The second kappa shape index (κ2) is 12.8. The van der Waals surface area contributed by atoms with Crippen molar-refractivity contribution < 1.29 is 9.47 Å².